The Bertz CT molecular complexity index is 1170. The number of ether oxygens (including phenoxy) is 1. The van der Waals surface area contributed by atoms with Gasteiger partial charge in [-0.05, 0) is 12.1 Å². The minimum atomic E-state index is -0.238. The van der Waals surface area contributed by atoms with Gasteiger partial charge in [-0.15, -0.1) is 0 Å². The summed E-state index contributed by atoms with van der Waals surface area (Å²) in [7, 11) is 1.51. The van der Waals surface area contributed by atoms with Crippen molar-refractivity contribution in [3.05, 3.63) is 46.2 Å². The third kappa shape index (κ3) is 3.19. The fourth-order valence-electron chi connectivity index (χ4n) is 3.30. The number of aromatic amines is 1. The number of hydrogen-bond acceptors (Lipinski definition) is 7. The Morgan fingerprint density at radius 3 is 3.00 bits per heavy atom. The van der Waals surface area contributed by atoms with Crippen molar-refractivity contribution >= 4 is 34.8 Å². The Morgan fingerprint density at radius 1 is 1.41 bits per heavy atom. The normalized spacial score (nSPS) is 12.7. The van der Waals surface area contributed by atoms with Gasteiger partial charge in [0.15, 0.2) is 5.75 Å². The molecule has 0 saturated carbocycles. The first-order valence-electron chi connectivity index (χ1n) is 8.69. The summed E-state index contributed by atoms with van der Waals surface area (Å²) >= 11 is 6.23. The number of halogens is 1. The fourth-order valence-corrected chi connectivity index (χ4v) is 3.55. The van der Waals surface area contributed by atoms with Crippen molar-refractivity contribution in [3.63, 3.8) is 0 Å². The van der Waals surface area contributed by atoms with E-state index in [0.717, 1.165) is 5.69 Å². The molecule has 1 aliphatic rings. The number of aromatic nitrogens is 3. The lowest BCUT2D eigenvalue weighted by atomic mass is 10.1. The van der Waals surface area contributed by atoms with Crippen LogP contribution in [0, 0.1) is 11.3 Å². The minimum absolute atomic E-state index is 0.0160. The molecule has 3 aromatic rings. The number of carbonyl (C=O) groups is 1. The van der Waals surface area contributed by atoms with E-state index in [1.807, 2.05) is 0 Å². The molecule has 0 unspecified atom stereocenters. The first-order chi connectivity index (χ1) is 14.0. The molecule has 9 nitrogen and oxygen atoms in total. The zero-order chi connectivity index (χ0) is 20.5. The Morgan fingerprint density at radius 2 is 2.24 bits per heavy atom. The predicted molar refractivity (Wildman–Crippen MR) is 108 cm³/mol. The highest BCUT2D eigenvalue weighted by molar-refractivity contribution is 6.32. The number of nitriles is 1. The third-order valence-electron chi connectivity index (χ3n) is 4.56. The average Bonchev–Trinajstić information content (AvgIpc) is 3.07. The number of methoxy groups -OCH3 is 1. The van der Waals surface area contributed by atoms with Gasteiger partial charge in [0.05, 0.1) is 46.5 Å². The summed E-state index contributed by atoms with van der Waals surface area (Å²) < 4.78 is 5.40. The van der Waals surface area contributed by atoms with Gasteiger partial charge in [-0.2, -0.15) is 5.26 Å². The molecule has 0 fully saturated rings. The molecule has 4 rings (SSSR count). The summed E-state index contributed by atoms with van der Waals surface area (Å²) in [6.45, 7) is 0.503. The van der Waals surface area contributed by atoms with Gasteiger partial charge in [0.2, 0.25) is 5.95 Å². The minimum Gasteiger partial charge on any atom is -0.493 e. The molecule has 5 N–H and O–H groups in total. The second kappa shape index (κ2) is 7.33. The van der Waals surface area contributed by atoms with Crippen molar-refractivity contribution in [1.29, 1.82) is 5.26 Å². The van der Waals surface area contributed by atoms with Gasteiger partial charge in [-0.3, -0.25) is 4.79 Å². The number of anilines is 3. The Balaban J connectivity index is 1.95. The van der Waals surface area contributed by atoms with Crippen LogP contribution in [-0.4, -0.2) is 34.5 Å². The van der Waals surface area contributed by atoms with Crippen LogP contribution in [0.1, 0.15) is 21.6 Å². The zero-order valence-electron chi connectivity index (χ0n) is 15.3. The van der Waals surface area contributed by atoms with E-state index >= 15 is 0 Å². The second-order valence-corrected chi connectivity index (χ2v) is 6.69. The third-order valence-corrected chi connectivity index (χ3v) is 4.86. The number of benzene rings is 1. The van der Waals surface area contributed by atoms with Gasteiger partial charge in [0.1, 0.15) is 11.8 Å². The standard InChI is InChI=1S/C19H16ClN7O2/c1-29-17-10(20)3-2-4-12(17)26-15-13-11(5-6-23-18(13)28)25-16(15)14-9(7-21)8-24-19(22)27-14/h2-4,8,25-26H,5-6H2,1H3,(H,23,28)(H2,22,24,27). The molecule has 0 atom stereocenters. The molecule has 3 heterocycles. The number of nitrogens with two attached hydrogens (primary N) is 1. The zero-order valence-corrected chi connectivity index (χ0v) is 16.1. The lowest BCUT2D eigenvalue weighted by Crippen LogP contribution is -2.31. The van der Waals surface area contributed by atoms with Gasteiger partial charge in [-0.25, -0.2) is 9.97 Å². The van der Waals surface area contributed by atoms with Crippen molar-refractivity contribution in [3.8, 4) is 23.2 Å². The largest absolute Gasteiger partial charge is 0.493 e. The molecule has 0 spiro atoms. The average molecular weight is 410 g/mol. The van der Waals surface area contributed by atoms with Gasteiger partial charge in [0, 0.05) is 18.7 Å². The maximum absolute atomic E-state index is 12.6. The molecule has 1 amide bonds. The number of carbonyl (C=O) groups excluding carboxylic acids is 1. The van der Waals surface area contributed by atoms with E-state index in [0.29, 0.717) is 52.1 Å². The number of fused-ring (bicyclic) bond motifs is 1. The van der Waals surface area contributed by atoms with Crippen LogP contribution in [0.5, 0.6) is 5.75 Å². The van der Waals surface area contributed by atoms with Crippen molar-refractivity contribution < 1.29 is 9.53 Å². The number of H-pyrrole nitrogens is 1. The molecule has 10 heteroatoms. The topological polar surface area (TPSA) is 142 Å². The summed E-state index contributed by atoms with van der Waals surface area (Å²) in [6, 6.07) is 7.29. The molecule has 29 heavy (non-hydrogen) atoms. The van der Waals surface area contributed by atoms with Gasteiger partial charge >= 0.3 is 0 Å². The number of nitrogens with one attached hydrogen (secondary N) is 3. The van der Waals surface area contributed by atoms with Crippen molar-refractivity contribution in [2.75, 3.05) is 24.7 Å². The van der Waals surface area contributed by atoms with Crippen LogP contribution in [0.2, 0.25) is 5.02 Å². The summed E-state index contributed by atoms with van der Waals surface area (Å²) in [5.74, 6) is 0.203. The Labute approximate surface area is 170 Å². The smallest absolute Gasteiger partial charge is 0.255 e. The molecule has 0 saturated heterocycles. The fraction of sp³-hybridized carbons (Fsp3) is 0.158. The first-order valence-corrected chi connectivity index (χ1v) is 9.06. The summed E-state index contributed by atoms with van der Waals surface area (Å²) in [6.07, 6.45) is 1.95. The highest BCUT2D eigenvalue weighted by Crippen LogP contribution is 2.41. The van der Waals surface area contributed by atoms with E-state index < -0.39 is 0 Å². The van der Waals surface area contributed by atoms with Crippen LogP contribution in [0.4, 0.5) is 17.3 Å². The summed E-state index contributed by atoms with van der Waals surface area (Å²) in [5.41, 5.74) is 8.91. The monoisotopic (exact) mass is 409 g/mol. The molecular formula is C19H16ClN7O2. The Hall–Kier alpha value is -3.77. The van der Waals surface area contributed by atoms with Crippen LogP contribution >= 0.6 is 11.6 Å². The molecule has 0 aliphatic carbocycles. The van der Waals surface area contributed by atoms with Crippen LogP contribution in [0.3, 0.4) is 0 Å². The van der Waals surface area contributed by atoms with Crippen LogP contribution < -0.4 is 21.1 Å². The number of nitrogens with zero attached hydrogens (tertiary/aromatic N) is 3. The maximum atomic E-state index is 12.6. The molecule has 0 bridgehead atoms. The highest BCUT2D eigenvalue weighted by atomic mass is 35.5. The number of nitrogen functional groups attached to an aromatic ring is 1. The second-order valence-electron chi connectivity index (χ2n) is 6.28. The van der Waals surface area contributed by atoms with E-state index in [2.05, 4.69) is 31.7 Å². The molecule has 1 aliphatic heterocycles. The van der Waals surface area contributed by atoms with Gasteiger partial charge < -0.3 is 26.1 Å². The van der Waals surface area contributed by atoms with E-state index in [1.165, 1.54) is 13.3 Å². The van der Waals surface area contributed by atoms with E-state index in [1.54, 1.807) is 18.2 Å². The summed E-state index contributed by atoms with van der Waals surface area (Å²) in [4.78, 5) is 24.0. The number of para-hydroxylation sites is 1. The van der Waals surface area contributed by atoms with Crippen LogP contribution in [0.25, 0.3) is 11.4 Å². The quantitative estimate of drug-likeness (QED) is 0.518. The predicted octanol–water partition coefficient (Wildman–Crippen LogP) is 2.62. The summed E-state index contributed by atoms with van der Waals surface area (Å²) in [5, 5.41) is 16.0. The van der Waals surface area contributed by atoms with Gasteiger partial charge in [-0.1, -0.05) is 17.7 Å². The number of amides is 1. The molecule has 2 aromatic heterocycles. The number of hydrogen-bond donors (Lipinski definition) is 4. The lowest BCUT2D eigenvalue weighted by Gasteiger charge is -2.17. The Kier molecular flexibility index (Phi) is 4.70. The van der Waals surface area contributed by atoms with Crippen LogP contribution in [-0.2, 0) is 6.42 Å². The highest BCUT2D eigenvalue weighted by Gasteiger charge is 2.29. The van der Waals surface area contributed by atoms with E-state index in [9.17, 15) is 10.1 Å². The van der Waals surface area contributed by atoms with E-state index in [4.69, 9.17) is 22.1 Å². The number of rotatable bonds is 4. The molecule has 0 radical (unpaired) electrons. The molecule has 146 valence electrons. The SMILES string of the molecule is COc1c(Cl)cccc1Nc1c(-c2nc(N)ncc2C#N)[nH]c2c1C(=O)NCC2. The maximum Gasteiger partial charge on any atom is 0.255 e. The van der Waals surface area contributed by atoms with E-state index in [-0.39, 0.29) is 17.4 Å². The molecule has 1 aromatic carbocycles. The first kappa shape index (κ1) is 18.6. The van der Waals surface area contributed by atoms with Gasteiger partial charge in [0.25, 0.3) is 5.91 Å². The lowest BCUT2D eigenvalue weighted by molar-refractivity contribution is 0.0947. The van der Waals surface area contributed by atoms with Crippen molar-refractivity contribution in [2.24, 2.45) is 0 Å². The van der Waals surface area contributed by atoms with Crippen LogP contribution in [0.15, 0.2) is 24.4 Å². The van der Waals surface area contributed by atoms with Crippen molar-refractivity contribution in [1.82, 2.24) is 20.3 Å². The van der Waals surface area contributed by atoms with Crippen molar-refractivity contribution in [2.45, 2.75) is 6.42 Å². The molecular weight excluding hydrogens is 394 g/mol.